The molecule has 4 rings (SSSR count). The molecule has 1 aliphatic carbocycles. The molecular formula is C24H31N5O2. The van der Waals surface area contributed by atoms with Gasteiger partial charge >= 0.3 is 0 Å². The van der Waals surface area contributed by atoms with Gasteiger partial charge in [-0.25, -0.2) is 0 Å². The van der Waals surface area contributed by atoms with Gasteiger partial charge in [-0.3, -0.25) is 9.48 Å². The number of aromatic nitrogens is 2. The van der Waals surface area contributed by atoms with Crippen molar-refractivity contribution in [3.05, 3.63) is 53.9 Å². The zero-order chi connectivity index (χ0) is 21.7. The minimum Gasteiger partial charge on any atom is -0.384 e. The molecule has 2 fully saturated rings. The maximum atomic E-state index is 12.9. The summed E-state index contributed by atoms with van der Waals surface area (Å²) in [6.45, 7) is 3.58. The minimum absolute atomic E-state index is 0.0218. The number of carbonyl (C=O) groups excluding carboxylic acids is 1. The normalized spacial score (nSPS) is 22.1. The van der Waals surface area contributed by atoms with E-state index in [1.165, 1.54) is 12.0 Å². The van der Waals surface area contributed by atoms with Crippen LogP contribution >= 0.6 is 0 Å². The number of nitriles is 1. The largest absolute Gasteiger partial charge is 0.384 e. The number of carbonyl (C=O) groups is 1. The van der Waals surface area contributed by atoms with E-state index in [-0.39, 0.29) is 11.3 Å². The average molecular weight is 422 g/mol. The molecule has 1 saturated heterocycles. The van der Waals surface area contributed by atoms with Crippen LogP contribution in [0, 0.1) is 16.7 Å². The number of amides is 1. The minimum atomic E-state index is 0.0218. The number of hydrogen-bond donors (Lipinski definition) is 1. The van der Waals surface area contributed by atoms with Crippen LogP contribution in [0.25, 0.3) is 0 Å². The molecule has 164 valence electrons. The molecule has 2 unspecified atom stereocenters. The summed E-state index contributed by atoms with van der Waals surface area (Å²) >= 11 is 0. The molecule has 2 aromatic rings. The lowest BCUT2D eigenvalue weighted by atomic mass is 9.78. The number of piperidine rings is 1. The smallest absolute Gasteiger partial charge is 0.257 e. The highest BCUT2D eigenvalue weighted by Crippen LogP contribution is 2.42. The summed E-state index contributed by atoms with van der Waals surface area (Å²) in [5, 5.41) is 16.7. The van der Waals surface area contributed by atoms with Crippen LogP contribution in [-0.2, 0) is 11.3 Å². The van der Waals surface area contributed by atoms with E-state index in [1.54, 1.807) is 24.2 Å². The fourth-order valence-electron chi connectivity index (χ4n) is 4.64. The molecule has 1 aromatic heterocycles. The summed E-state index contributed by atoms with van der Waals surface area (Å²) in [6.07, 6.45) is 6.77. The first-order chi connectivity index (χ1) is 15.1. The first-order valence-corrected chi connectivity index (χ1v) is 11.1. The van der Waals surface area contributed by atoms with E-state index in [0.29, 0.717) is 37.1 Å². The maximum Gasteiger partial charge on any atom is 0.257 e. The van der Waals surface area contributed by atoms with Gasteiger partial charge in [0.1, 0.15) is 0 Å². The summed E-state index contributed by atoms with van der Waals surface area (Å²) in [5.41, 5.74) is 2.07. The molecule has 7 heteroatoms. The zero-order valence-electron chi connectivity index (χ0n) is 18.2. The molecule has 0 radical (unpaired) electrons. The highest BCUT2D eigenvalue weighted by molar-refractivity contribution is 5.93. The second kappa shape index (κ2) is 9.63. The Labute approximate surface area is 184 Å². The molecule has 1 aromatic carbocycles. The lowest BCUT2D eigenvalue weighted by Crippen LogP contribution is -2.49. The summed E-state index contributed by atoms with van der Waals surface area (Å²) < 4.78 is 7.25. The lowest BCUT2D eigenvalue weighted by Gasteiger charge is -2.41. The molecule has 0 spiro atoms. The van der Waals surface area contributed by atoms with Gasteiger partial charge in [0.25, 0.3) is 5.91 Å². The van der Waals surface area contributed by atoms with Crippen molar-refractivity contribution >= 4 is 5.91 Å². The number of nitrogens with zero attached hydrogens (tertiary/aromatic N) is 4. The molecule has 1 saturated carbocycles. The molecule has 2 heterocycles. The second-order valence-corrected chi connectivity index (χ2v) is 8.87. The van der Waals surface area contributed by atoms with Crippen LogP contribution in [0.4, 0.5) is 0 Å². The number of nitrogens with one attached hydrogen (secondary N) is 1. The van der Waals surface area contributed by atoms with E-state index in [4.69, 9.17) is 10.00 Å². The summed E-state index contributed by atoms with van der Waals surface area (Å²) in [7, 11) is 1.76. The third-order valence-corrected chi connectivity index (χ3v) is 6.65. The highest BCUT2D eigenvalue weighted by Gasteiger charge is 2.42. The van der Waals surface area contributed by atoms with Gasteiger partial charge < -0.3 is 15.0 Å². The van der Waals surface area contributed by atoms with Gasteiger partial charge in [-0.05, 0) is 24.8 Å². The van der Waals surface area contributed by atoms with Crippen LogP contribution in [0.3, 0.4) is 0 Å². The summed E-state index contributed by atoms with van der Waals surface area (Å²) in [4.78, 5) is 14.8. The lowest BCUT2D eigenvalue weighted by molar-refractivity contribution is 0.0202. The first-order valence-electron chi connectivity index (χ1n) is 11.1. The number of methoxy groups -OCH3 is 1. The molecule has 2 atom stereocenters. The fraction of sp³-hybridized carbons (Fsp3) is 0.542. The molecule has 1 N–H and O–H groups in total. The quantitative estimate of drug-likeness (QED) is 0.673. The van der Waals surface area contributed by atoms with Gasteiger partial charge in [0.15, 0.2) is 0 Å². The Kier molecular flexibility index (Phi) is 6.69. The van der Waals surface area contributed by atoms with Crippen LogP contribution in [0.2, 0.25) is 0 Å². The van der Waals surface area contributed by atoms with Crippen LogP contribution in [0.5, 0.6) is 0 Å². The van der Waals surface area contributed by atoms with E-state index < -0.39 is 0 Å². The summed E-state index contributed by atoms with van der Waals surface area (Å²) in [6, 6.07) is 13.3. The first kappa shape index (κ1) is 21.5. The standard InChI is InChI=1S/C24H31N5O2/c1-31-18-24(17-26-22-14-21(22)19-6-3-2-4-7-19)8-12-28(13-9-24)23(30)20-15-27-29(16-20)11-5-10-25/h2-4,6-7,15-16,21-22,26H,5,8-9,11-14,17-18H2,1H3. The molecule has 31 heavy (non-hydrogen) atoms. The van der Waals surface area contributed by atoms with Crippen molar-refractivity contribution in [1.82, 2.24) is 20.0 Å². The van der Waals surface area contributed by atoms with Crippen molar-refractivity contribution in [3.63, 3.8) is 0 Å². The molecule has 2 aliphatic rings. The van der Waals surface area contributed by atoms with Crippen molar-refractivity contribution in [3.8, 4) is 6.07 Å². The third-order valence-electron chi connectivity index (χ3n) is 6.65. The maximum absolute atomic E-state index is 12.9. The number of aryl methyl sites for hydroxylation is 1. The Morgan fingerprint density at radius 3 is 2.81 bits per heavy atom. The van der Waals surface area contributed by atoms with E-state index >= 15 is 0 Å². The van der Waals surface area contributed by atoms with Crippen molar-refractivity contribution in [2.75, 3.05) is 33.4 Å². The van der Waals surface area contributed by atoms with Crippen LogP contribution in [0.15, 0.2) is 42.7 Å². The van der Waals surface area contributed by atoms with Gasteiger partial charge in [0, 0.05) is 50.3 Å². The van der Waals surface area contributed by atoms with E-state index in [1.807, 2.05) is 4.90 Å². The van der Waals surface area contributed by atoms with E-state index in [2.05, 4.69) is 46.8 Å². The van der Waals surface area contributed by atoms with Crippen LogP contribution < -0.4 is 5.32 Å². The Morgan fingerprint density at radius 2 is 2.10 bits per heavy atom. The molecule has 1 amide bonds. The number of likely N-dealkylation sites (tertiary alicyclic amines) is 1. The van der Waals surface area contributed by atoms with Crippen molar-refractivity contribution in [1.29, 1.82) is 5.26 Å². The van der Waals surface area contributed by atoms with Crippen LogP contribution in [-0.4, -0.2) is 60.0 Å². The summed E-state index contributed by atoms with van der Waals surface area (Å²) in [5.74, 6) is 0.633. The van der Waals surface area contributed by atoms with Gasteiger partial charge in [-0.15, -0.1) is 0 Å². The number of benzene rings is 1. The van der Waals surface area contributed by atoms with Gasteiger partial charge in [0.05, 0.1) is 37.4 Å². The average Bonchev–Trinajstić information content (AvgIpc) is 3.44. The monoisotopic (exact) mass is 421 g/mol. The highest BCUT2D eigenvalue weighted by atomic mass is 16.5. The molecule has 7 nitrogen and oxygen atoms in total. The number of rotatable bonds is 9. The van der Waals surface area contributed by atoms with Gasteiger partial charge in [-0.1, -0.05) is 30.3 Å². The molecular weight excluding hydrogens is 390 g/mol. The van der Waals surface area contributed by atoms with Gasteiger partial charge in [-0.2, -0.15) is 10.4 Å². The molecule has 0 bridgehead atoms. The Morgan fingerprint density at radius 1 is 1.32 bits per heavy atom. The number of ether oxygens (including phenoxy) is 1. The Hall–Kier alpha value is -2.69. The van der Waals surface area contributed by atoms with Crippen LogP contribution in [0.1, 0.15) is 47.5 Å². The van der Waals surface area contributed by atoms with Crippen molar-refractivity contribution in [2.45, 2.75) is 44.2 Å². The van der Waals surface area contributed by atoms with E-state index in [0.717, 1.165) is 32.5 Å². The topological polar surface area (TPSA) is 83.2 Å². The zero-order valence-corrected chi connectivity index (χ0v) is 18.2. The molecule has 1 aliphatic heterocycles. The second-order valence-electron chi connectivity index (χ2n) is 8.87. The predicted octanol–water partition coefficient (Wildman–Crippen LogP) is 2.81. The number of hydrogen-bond acceptors (Lipinski definition) is 5. The van der Waals surface area contributed by atoms with E-state index in [9.17, 15) is 4.79 Å². The third kappa shape index (κ3) is 5.15. The van der Waals surface area contributed by atoms with Crippen molar-refractivity contribution < 1.29 is 9.53 Å². The SMILES string of the molecule is COCC1(CNC2CC2c2ccccc2)CCN(C(=O)c2cnn(CCC#N)c2)CC1. The van der Waals surface area contributed by atoms with Gasteiger partial charge in [0.2, 0.25) is 0 Å². The van der Waals surface area contributed by atoms with Crippen molar-refractivity contribution in [2.24, 2.45) is 5.41 Å². The predicted molar refractivity (Wildman–Crippen MR) is 117 cm³/mol. The Bertz CT molecular complexity index is 912. The Balaban J connectivity index is 1.29. The fourth-order valence-corrected chi connectivity index (χ4v) is 4.64.